The van der Waals surface area contributed by atoms with Crippen LogP contribution in [0.25, 0.3) is 0 Å². The molecule has 7 fully saturated rings. The predicted octanol–water partition coefficient (Wildman–Crippen LogP) is 3.33. The molecule has 8 rings (SSSR count). The Kier molecular flexibility index (Phi) is 3.10. The smallest absolute Gasteiger partial charge is 0.161 e. The number of hydrogen-bond acceptors (Lipinski definition) is 4. The molecule has 0 aliphatic heterocycles. The molecule has 7 saturated carbocycles. The lowest BCUT2D eigenvalue weighted by Gasteiger charge is -2.56. The maximum Gasteiger partial charge on any atom is 0.161 e. The minimum Gasteiger partial charge on any atom is -0.390 e. The van der Waals surface area contributed by atoms with Crippen molar-refractivity contribution >= 4 is 5.78 Å². The molecule has 0 saturated heterocycles. The number of aromatic nitrogens is 3. The summed E-state index contributed by atoms with van der Waals surface area (Å²) in [6.07, 6.45) is 11.9. The molecule has 0 spiro atoms. The minimum absolute atomic E-state index is 0.0215. The number of carbonyl (C=O) groups excluding carboxylic acids is 1. The summed E-state index contributed by atoms with van der Waals surface area (Å²) < 4.78 is 1.73. The first kappa shape index (κ1) is 17.5. The Morgan fingerprint density at radius 2 is 1.86 bits per heavy atom. The van der Waals surface area contributed by atoms with Gasteiger partial charge in [0.25, 0.3) is 0 Å². The van der Waals surface area contributed by atoms with Crippen molar-refractivity contribution in [3.05, 3.63) is 12.4 Å². The van der Waals surface area contributed by atoms with E-state index in [1.807, 2.05) is 13.1 Å². The second-order valence-corrected chi connectivity index (χ2v) is 12.1. The summed E-state index contributed by atoms with van der Waals surface area (Å²) in [5.41, 5.74) is -0.237. The van der Waals surface area contributed by atoms with Gasteiger partial charge in [0, 0.05) is 11.6 Å². The van der Waals surface area contributed by atoms with E-state index in [-0.39, 0.29) is 10.8 Å². The van der Waals surface area contributed by atoms with Crippen LogP contribution in [0.3, 0.4) is 0 Å². The molecule has 0 amide bonds. The summed E-state index contributed by atoms with van der Waals surface area (Å²) in [7, 11) is 0. The highest BCUT2D eigenvalue weighted by Crippen LogP contribution is 2.99. The third-order valence-corrected chi connectivity index (χ3v) is 11.1. The lowest BCUT2D eigenvalue weighted by molar-refractivity contribution is -0.136. The first-order chi connectivity index (χ1) is 13.9. The van der Waals surface area contributed by atoms with Gasteiger partial charge < -0.3 is 5.11 Å². The van der Waals surface area contributed by atoms with Crippen molar-refractivity contribution < 1.29 is 9.90 Å². The van der Waals surface area contributed by atoms with E-state index < -0.39 is 5.60 Å². The van der Waals surface area contributed by atoms with Crippen molar-refractivity contribution in [1.29, 1.82) is 0 Å². The van der Waals surface area contributed by atoms with Crippen LogP contribution < -0.4 is 0 Å². The Morgan fingerprint density at radius 1 is 1.07 bits per heavy atom. The molecular formula is C24H33N3O2. The monoisotopic (exact) mass is 395 g/mol. The molecule has 7 aliphatic carbocycles. The molecule has 3 unspecified atom stereocenters. The van der Waals surface area contributed by atoms with Crippen LogP contribution >= 0.6 is 0 Å². The van der Waals surface area contributed by atoms with Gasteiger partial charge in [0.1, 0.15) is 6.54 Å². The van der Waals surface area contributed by atoms with Gasteiger partial charge in [-0.15, -0.1) is 5.10 Å². The number of nitrogens with zero attached hydrogens (tertiary/aromatic N) is 3. The van der Waals surface area contributed by atoms with E-state index in [2.05, 4.69) is 17.2 Å². The Labute approximate surface area is 172 Å². The predicted molar refractivity (Wildman–Crippen MR) is 106 cm³/mol. The summed E-state index contributed by atoms with van der Waals surface area (Å²) in [5, 5.41) is 18.6. The molecule has 1 N–H and O–H groups in total. The van der Waals surface area contributed by atoms with Gasteiger partial charge in [-0.3, -0.25) is 4.79 Å². The van der Waals surface area contributed by atoms with E-state index in [0.717, 1.165) is 48.3 Å². The summed E-state index contributed by atoms with van der Waals surface area (Å²) >= 11 is 0. The van der Waals surface area contributed by atoms with Gasteiger partial charge in [0.15, 0.2) is 5.78 Å². The van der Waals surface area contributed by atoms with Gasteiger partial charge in [-0.2, -0.15) is 0 Å². The largest absolute Gasteiger partial charge is 0.390 e. The van der Waals surface area contributed by atoms with Crippen LogP contribution in [0.2, 0.25) is 0 Å². The molecule has 1 aromatic rings. The minimum atomic E-state index is -0.436. The van der Waals surface area contributed by atoms with E-state index in [1.165, 1.54) is 32.1 Å². The summed E-state index contributed by atoms with van der Waals surface area (Å²) in [4.78, 5) is 13.5. The lowest BCUT2D eigenvalue weighted by Crippen LogP contribution is -2.51. The maximum absolute atomic E-state index is 13.5. The van der Waals surface area contributed by atoms with Crippen molar-refractivity contribution in [3.8, 4) is 0 Å². The Morgan fingerprint density at radius 3 is 2.62 bits per heavy atom. The van der Waals surface area contributed by atoms with Crippen LogP contribution in [0.15, 0.2) is 12.4 Å². The number of carbonyl (C=O) groups is 1. The molecule has 0 radical (unpaired) electrons. The van der Waals surface area contributed by atoms with Crippen LogP contribution in [0.4, 0.5) is 0 Å². The fourth-order valence-electron chi connectivity index (χ4n) is 10.3. The first-order valence-corrected chi connectivity index (χ1v) is 12.0. The number of rotatable bonds is 3. The van der Waals surface area contributed by atoms with Crippen LogP contribution in [-0.2, 0) is 11.3 Å². The maximum atomic E-state index is 13.5. The highest BCUT2D eigenvalue weighted by atomic mass is 16.3. The fraction of sp³-hybridized carbons (Fsp3) is 0.875. The van der Waals surface area contributed by atoms with E-state index in [9.17, 15) is 9.90 Å². The molecule has 5 heteroatoms. The van der Waals surface area contributed by atoms with E-state index in [4.69, 9.17) is 0 Å². The average Bonchev–Trinajstić information content (AvgIpc) is 3.41. The van der Waals surface area contributed by atoms with Gasteiger partial charge >= 0.3 is 0 Å². The number of aliphatic hydroxyl groups is 1. The van der Waals surface area contributed by atoms with Crippen molar-refractivity contribution in [2.24, 2.45) is 58.2 Å². The summed E-state index contributed by atoms with van der Waals surface area (Å²) in [6.45, 7) is 4.95. The topological polar surface area (TPSA) is 68.0 Å². The highest BCUT2D eigenvalue weighted by Gasteiger charge is 2.99. The number of fused-ring (bicyclic) bond motifs is 3. The molecule has 1 heterocycles. The second kappa shape index (κ2) is 5.15. The van der Waals surface area contributed by atoms with Crippen molar-refractivity contribution in [2.75, 3.05) is 0 Å². The molecule has 29 heavy (non-hydrogen) atoms. The molecule has 7 aliphatic rings. The molecule has 0 aromatic carbocycles. The molecule has 5 nitrogen and oxygen atoms in total. The van der Waals surface area contributed by atoms with Crippen LogP contribution in [0.1, 0.15) is 58.8 Å². The van der Waals surface area contributed by atoms with Gasteiger partial charge in [-0.1, -0.05) is 12.1 Å². The zero-order valence-electron chi connectivity index (χ0n) is 17.6. The SMILES string of the molecule is C[C@@]1(O)CC[C@H]2[C@H](CC[C@@H]3[C@@H]2CC[C@@]2(C)[C@H]3C3C4[C@@H]3C42C(=O)Cn2ccnn2)C1. The average molecular weight is 396 g/mol. The van der Waals surface area contributed by atoms with Gasteiger partial charge in [0.05, 0.1) is 11.8 Å². The number of hydrogen-bond donors (Lipinski definition) is 1. The third kappa shape index (κ3) is 1.91. The standard InChI is InChI=1S/C24H33N3O2/c1-22(29)7-5-14-13(11-22)3-4-16-15(14)6-8-23(2)19(16)18-20-21(18)24(20,23)17(28)12-27-10-9-25-26-27/h9-10,13-16,18-21,29H,3-8,11-12H2,1-2H3/t13-,14+,15-,16-,18?,19-,20-,21?,22-,23+,24?/m1/s1. The van der Waals surface area contributed by atoms with Gasteiger partial charge in [0.2, 0.25) is 0 Å². The Balaban J connectivity index is 1.16. The van der Waals surface area contributed by atoms with Gasteiger partial charge in [-0.05, 0) is 105 Å². The zero-order valence-corrected chi connectivity index (χ0v) is 17.6. The van der Waals surface area contributed by atoms with Crippen molar-refractivity contribution in [2.45, 2.75) is 70.9 Å². The van der Waals surface area contributed by atoms with Crippen LogP contribution in [0, 0.1) is 58.2 Å². The van der Waals surface area contributed by atoms with E-state index in [1.54, 1.807) is 10.9 Å². The van der Waals surface area contributed by atoms with Gasteiger partial charge in [-0.25, -0.2) is 4.68 Å². The second-order valence-electron chi connectivity index (χ2n) is 12.1. The van der Waals surface area contributed by atoms with E-state index in [0.29, 0.717) is 24.2 Å². The van der Waals surface area contributed by atoms with Crippen molar-refractivity contribution in [1.82, 2.24) is 15.0 Å². The number of ketones is 1. The Bertz CT molecular complexity index is 869. The normalized spacial score (nSPS) is 58.6. The van der Waals surface area contributed by atoms with Crippen LogP contribution in [0.5, 0.6) is 0 Å². The summed E-state index contributed by atoms with van der Waals surface area (Å²) in [6, 6.07) is 0. The summed E-state index contributed by atoms with van der Waals surface area (Å²) in [5.74, 6) is 6.69. The molecule has 156 valence electrons. The third-order valence-electron chi connectivity index (χ3n) is 11.1. The molecule has 2 bridgehead atoms. The Hall–Kier alpha value is -1.23. The lowest BCUT2D eigenvalue weighted by atomic mass is 9.49. The van der Waals surface area contributed by atoms with E-state index >= 15 is 0 Å². The number of Topliss-reactive ketones (excluding diaryl/α,β-unsaturated/α-hetero) is 1. The highest BCUT2D eigenvalue weighted by molar-refractivity contribution is 5.93. The zero-order chi connectivity index (χ0) is 19.8. The molecule has 1 aromatic heterocycles. The van der Waals surface area contributed by atoms with Crippen LogP contribution in [-0.4, -0.2) is 31.5 Å². The molecular weight excluding hydrogens is 362 g/mol. The fourth-order valence-corrected chi connectivity index (χ4v) is 10.3. The quantitative estimate of drug-likeness (QED) is 0.852. The molecule has 11 atom stereocenters. The van der Waals surface area contributed by atoms with Crippen molar-refractivity contribution in [3.63, 3.8) is 0 Å². The first-order valence-electron chi connectivity index (χ1n) is 12.0.